The highest BCUT2D eigenvalue weighted by Gasteiger charge is 2.08. The van der Waals surface area contributed by atoms with Gasteiger partial charge in [-0.15, -0.1) is 0 Å². The van der Waals surface area contributed by atoms with Crippen molar-refractivity contribution in [2.45, 2.75) is 13.5 Å². The van der Waals surface area contributed by atoms with Gasteiger partial charge in [0, 0.05) is 5.56 Å². The van der Waals surface area contributed by atoms with E-state index in [1.165, 1.54) is 17.7 Å². The zero-order valence-electron chi connectivity index (χ0n) is 17.1. The zero-order valence-corrected chi connectivity index (χ0v) is 17.1. The van der Waals surface area contributed by atoms with Gasteiger partial charge in [-0.05, 0) is 59.2 Å². The van der Waals surface area contributed by atoms with Crippen molar-refractivity contribution in [2.24, 2.45) is 5.10 Å². The molecule has 4 aromatic carbocycles. The van der Waals surface area contributed by atoms with Gasteiger partial charge < -0.3 is 9.84 Å². The molecule has 0 fully saturated rings. The van der Waals surface area contributed by atoms with Crippen LogP contribution in [-0.4, -0.2) is 17.3 Å². The fourth-order valence-electron chi connectivity index (χ4n) is 3.32. The van der Waals surface area contributed by atoms with Gasteiger partial charge in [0.05, 0.1) is 17.5 Å². The Morgan fingerprint density at radius 2 is 1.71 bits per heavy atom. The number of hydrogen-bond acceptors (Lipinski definition) is 4. The van der Waals surface area contributed by atoms with Gasteiger partial charge in [0.25, 0.3) is 0 Å². The number of hydrogen-bond donors (Lipinski definition) is 2. The average molecular weight is 410 g/mol. The van der Waals surface area contributed by atoms with E-state index in [4.69, 9.17) is 9.84 Å². The molecule has 4 rings (SSSR count). The second-order valence-corrected chi connectivity index (χ2v) is 7.17. The van der Waals surface area contributed by atoms with Crippen LogP contribution >= 0.6 is 0 Å². The van der Waals surface area contributed by atoms with E-state index in [1.54, 1.807) is 18.3 Å². The molecule has 0 amide bonds. The van der Waals surface area contributed by atoms with E-state index in [0.717, 1.165) is 27.6 Å². The molecule has 0 saturated carbocycles. The molecular weight excluding hydrogens is 388 g/mol. The van der Waals surface area contributed by atoms with E-state index >= 15 is 0 Å². The lowest BCUT2D eigenvalue weighted by Gasteiger charge is -2.13. The smallest absolute Gasteiger partial charge is 0.335 e. The molecule has 2 N–H and O–H groups in total. The molecule has 0 heterocycles. The summed E-state index contributed by atoms with van der Waals surface area (Å²) in [6, 6.07) is 26.7. The number of nitrogens with zero attached hydrogens (tertiary/aromatic N) is 1. The lowest BCUT2D eigenvalue weighted by atomic mass is 10.0. The number of carbonyl (C=O) groups is 1. The highest BCUT2D eigenvalue weighted by atomic mass is 16.5. The number of ether oxygens (including phenoxy) is 1. The summed E-state index contributed by atoms with van der Waals surface area (Å²) in [6.45, 7) is 2.54. The zero-order chi connectivity index (χ0) is 21.6. The lowest BCUT2D eigenvalue weighted by molar-refractivity contribution is 0.0697. The number of anilines is 1. The van der Waals surface area contributed by atoms with Crippen molar-refractivity contribution in [3.05, 3.63) is 107 Å². The molecule has 0 spiro atoms. The standard InChI is InChI=1S/C26H22N2O3/c1-18-6-2-3-8-21(18)17-31-25-15-12-19-7-4-5-9-23(19)24(25)16-27-28-22-13-10-20(11-14-22)26(29)30/h2-16,28H,17H2,1H3,(H,29,30)/b27-16+. The highest BCUT2D eigenvalue weighted by Crippen LogP contribution is 2.28. The van der Waals surface area contributed by atoms with E-state index < -0.39 is 5.97 Å². The number of nitrogens with one attached hydrogen (secondary N) is 1. The fourth-order valence-corrected chi connectivity index (χ4v) is 3.32. The summed E-state index contributed by atoms with van der Waals surface area (Å²) < 4.78 is 6.17. The van der Waals surface area contributed by atoms with Crippen LogP contribution in [0.1, 0.15) is 27.0 Å². The minimum atomic E-state index is -0.957. The van der Waals surface area contributed by atoms with Crippen molar-refractivity contribution in [1.82, 2.24) is 0 Å². The van der Waals surface area contributed by atoms with E-state index in [0.29, 0.717) is 12.3 Å². The molecule has 5 heteroatoms. The first kappa shape index (κ1) is 20.2. The molecule has 0 aromatic heterocycles. The molecule has 0 atom stereocenters. The molecule has 31 heavy (non-hydrogen) atoms. The van der Waals surface area contributed by atoms with Crippen molar-refractivity contribution in [2.75, 3.05) is 5.43 Å². The number of carboxylic acid groups (broad SMARTS) is 1. The average Bonchev–Trinajstić information content (AvgIpc) is 2.79. The van der Waals surface area contributed by atoms with Crippen molar-refractivity contribution in [3.63, 3.8) is 0 Å². The van der Waals surface area contributed by atoms with Crippen LogP contribution in [0.25, 0.3) is 10.8 Å². The maximum atomic E-state index is 11.0. The lowest BCUT2D eigenvalue weighted by Crippen LogP contribution is -2.01. The summed E-state index contributed by atoms with van der Waals surface area (Å²) in [6.07, 6.45) is 1.74. The Bertz CT molecular complexity index is 1250. The van der Waals surface area contributed by atoms with Gasteiger partial charge >= 0.3 is 5.97 Å². The first-order valence-corrected chi connectivity index (χ1v) is 9.93. The van der Waals surface area contributed by atoms with Gasteiger partial charge in [0.15, 0.2) is 0 Å². The van der Waals surface area contributed by atoms with Crippen LogP contribution in [0.15, 0.2) is 90.0 Å². The summed E-state index contributed by atoms with van der Waals surface area (Å²) in [5.74, 6) is -0.213. The summed E-state index contributed by atoms with van der Waals surface area (Å²) in [5, 5.41) is 15.5. The third kappa shape index (κ3) is 4.73. The Morgan fingerprint density at radius 1 is 0.968 bits per heavy atom. The molecular formula is C26H22N2O3. The Morgan fingerprint density at radius 3 is 2.48 bits per heavy atom. The van der Waals surface area contributed by atoms with Crippen molar-refractivity contribution in [3.8, 4) is 5.75 Å². The van der Waals surface area contributed by atoms with Gasteiger partial charge in [-0.2, -0.15) is 5.10 Å². The largest absolute Gasteiger partial charge is 0.488 e. The topological polar surface area (TPSA) is 70.9 Å². The normalized spacial score (nSPS) is 11.0. The predicted molar refractivity (Wildman–Crippen MR) is 124 cm³/mol. The van der Waals surface area contributed by atoms with Gasteiger partial charge in [0.2, 0.25) is 0 Å². The molecule has 0 saturated heterocycles. The monoisotopic (exact) mass is 410 g/mol. The minimum Gasteiger partial charge on any atom is -0.488 e. The predicted octanol–water partition coefficient (Wildman–Crippen LogP) is 5.87. The van der Waals surface area contributed by atoms with Crippen LogP contribution in [0.2, 0.25) is 0 Å². The van der Waals surface area contributed by atoms with E-state index in [2.05, 4.69) is 35.7 Å². The molecule has 5 nitrogen and oxygen atoms in total. The van der Waals surface area contributed by atoms with E-state index in [-0.39, 0.29) is 5.56 Å². The molecule has 0 unspecified atom stereocenters. The number of carboxylic acids is 1. The number of benzene rings is 4. The van der Waals surface area contributed by atoms with E-state index in [1.807, 2.05) is 42.5 Å². The number of aryl methyl sites for hydroxylation is 1. The minimum absolute atomic E-state index is 0.232. The quantitative estimate of drug-likeness (QED) is 0.295. The SMILES string of the molecule is Cc1ccccc1COc1ccc2ccccc2c1/C=N/Nc1ccc(C(=O)O)cc1. The summed E-state index contributed by atoms with van der Waals surface area (Å²) in [5.41, 5.74) is 7.08. The maximum Gasteiger partial charge on any atom is 0.335 e. The van der Waals surface area contributed by atoms with Crippen LogP contribution in [0.5, 0.6) is 5.75 Å². The second kappa shape index (κ2) is 9.13. The molecule has 0 aliphatic heterocycles. The van der Waals surface area contributed by atoms with Gasteiger partial charge in [-0.1, -0.05) is 54.6 Å². The first-order valence-electron chi connectivity index (χ1n) is 9.93. The van der Waals surface area contributed by atoms with Crippen LogP contribution < -0.4 is 10.2 Å². The van der Waals surface area contributed by atoms with Crippen molar-refractivity contribution < 1.29 is 14.6 Å². The summed E-state index contributed by atoms with van der Waals surface area (Å²) in [7, 11) is 0. The van der Waals surface area contributed by atoms with Crippen molar-refractivity contribution >= 4 is 28.6 Å². The third-order valence-corrected chi connectivity index (χ3v) is 5.09. The summed E-state index contributed by atoms with van der Waals surface area (Å²) in [4.78, 5) is 11.0. The van der Waals surface area contributed by atoms with Gasteiger partial charge in [-0.25, -0.2) is 4.79 Å². The Labute approximate surface area is 180 Å². The third-order valence-electron chi connectivity index (χ3n) is 5.09. The van der Waals surface area contributed by atoms with Gasteiger partial charge in [-0.3, -0.25) is 5.43 Å². The first-order chi connectivity index (χ1) is 15.1. The second-order valence-electron chi connectivity index (χ2n) is 7.17. The molecule has 4 aromatic rings. The van der Waals surface area contributed by atoms with Crippen LogP contribution in [-0.2, 0) is 6.61 Å². The highest BCUT2D eigenvalue weighted by molar-refractivity contribution is 6.02. The Balaban J connectivity index is 1.59. The molecule has 0 aliphatic rings. The van der Waals surface area contributed by atoms with Crippen LogP contribution in [0.3, 0.4) is 0 Å². The Kier molecular flexibility index (Phi) is 5.94. The molecule has 154 valence electrons. The summed E-state index contributed by atoms with van der Waals surface area (Å²) >= 11 is 0. The molecule has 0 aliphatic carbocycles. The number of hydrazone groups is 1. The molecule has 0 radical (unpaired) electrons. The fraction of sp³-hybridized carbons (Fsp3) is 0.0769. The van der Waals surface area contributed by atoms with Crippen LogP contribution in [0.4, 0.5) is 5.69 Å². The van der Waals surface area contributed by atoms with Gasteiger partial charge in [0.1, 0.15) is 12.4 Å². The van der Waals surface area contributed by atoms with E-state index in [9.17, 15) is 4.79 Å². The van der Waals surface area contributed by atoms with Crippen LogP contribution in [0, 0.1) is 6.92 Å². The number of aromatic carboxylic acids is 1. The molecule has 0 bridgehead atoms. The maximum absolute atomic E-state index is 11.0. The Hall–Kier alpha value is -4.12. The number of fused-ring (bicyclic) bond motifs is 1. The van der Waals surface area contributed by atoms with Crippen molar-refractivity contribution in [1.29, 1.82) is 0 Å². The number of rotatable bonds is 7.